The first-order valence-corrected chi connectivity index (χ1v) is 9.26. The van der Waals surface area contributed by atoms with Crippen molar-refractivity contribution in [3.63, 3.8) is 0 Å². The number of hydrogen-bond acceptors (Lipinski definition) is 2. The molecular weight excluding hydrogens is 306 g/mol. The van der Waals surface area contributed by atoms with E-state index in [0.717, 1.165) is 29.8 Å². The van der Waals surface area contributed by atoms with Crippen molar-refractivity contribution in [2.75, 3.05) is 19.0 Å². The number of rotatable bonds is 5. The van der Waals surface area contributed by atoms with Gasteiger partial charge in [-0.1, -0.05) is 61.9 Å². The van der Waals surface area contributed by atoms with Gasteiger partial charge in [0.15, 0.2) is 0 Å². The summed E-state index contributed by atoms with van der Waals surface area (Å²) in [6.45, 7) is 5.76. The summed E-state index contributed by atoms with van der Waals surface area (Å²) in [5.41, 5.74) is 5.56. The molecule has 1 N–H and O–H groups in total. The van der Waals surface area contributed by atoms with Crippen molar-refractivity contribution in [3.05, 3.63) is 60.2 Å². The Balaban J connectivity index is 1.55. The molecule has 2 aromatic rings. The van der Waals surface area contributed by atoms with Crippen LogP contribution in [0.25, 0.3) is 11.1 Å². The zero-order valence-electron chi connectivity index (χ0n) is 15.4. The summed E-state index contributed by atoms with van der Waals surface area (Å²) in [5, 5.41) is 3.64. The highest BCUT2D eigenvalue weighted by Crippen LogP contribution is 2.59. The number of methoxy groups -OCH3 is 1. The van der Waals surface area contributed by atoms with Crippen LogP contribution in [0.15, 0.2) is 60.2 Å². The summed E-state index contributed by atoms with van der Waals surface area (Å²) in [7, 11) is 1.74. The molecule has 2 heteroatoms. The molecule has 2 nitrogen and oxygen atoms in total. The number of allylic oxidation sites excluding steroid dienone is 1. The lowest BCUT2D eigenvalue weighted by atomic mass is 9.49. The summed E-state index contributed by atoms with van der Waals surface area (Å²) < 4.78 is 5.57. The minimum atomic E-state index is 0.474. The van der Waals surface area contributed by atoms with Gasteiger partial charge in [0.05, 0.1) is 12.8 Å². The Morgan fingerprint density at radius 2 is 1.88 bits per heavy atom. The number of hydrogen-bond donors (Lipinski definition) is 1. The number of nitrogens with one attached hydrogen (secondary N) is 1. The fourth-order valence-electron chi connectivity index (χ4n) is 4.53. The highest BCUT2D eigenvalue weighted by atomic mass is 16.5. The van der Waals surface area contributed by atoms with Gasteiger partial charge in [0, 0.05) is 6.54 Å². The lowest BCUT2D eigenvalue weighted by Crippen LogP contribution is -2.49. The average Bonchev–Trinajstić information content (AvgIpc) is 2.66. The number of fused-ring (bicyclic) bond motifs is 1. The maximum absolute atomic E-state index is 5.57. The van der Waals surface area contributed by atoms with Gasteiger partial charge in [-0.05, 0) is 53.4 Å². The summed E-state index contributed by atoms with van der Waals surface area (Å²) in [6, 6.07) is 16.9. The lowest BCUT2D eigenvalue weighted by molar-refractivity contribution is -0.00630. The van der Waals surface area contributed by atoms with Crippen molar-refractivity contribution in [1.29, 1.82) is 0 Å². The Kier molecular flexibility index (Phi) is 4.07. The van der Waals surface area contributed by atoms with Gasteiger partial charge in [0.1, 0.15) is 5.75 Å². The Labute approximate surface area is 150 Å². The molecule has 0 amide bonds. The predicted octanol–water partition coefficient (Wildman–Crippen LogP) is 5.77. The van der Waals surface area contributed by atoms with Gasteiger partial charge in [-0.25, -0.2) is 0 Å². The van der Waals surface area contributed by atoms with Gasteiger partial charge >= 0.3 is 0 Å². The van der Waals surface area contributed by atoms with Crippen LogP contribution in [-0.4, -0.2) is 13.7 Å². The minimum absolute atomic E-state index is 0.474. The van der Waals surface area contributed by atoms with Crippen molar-refractivity contribution in [2.45, 2.75) is 26.7 Å². The molecule has 1 saturated carbocycles. The Morgan fingerprint density at radius 1 is 1.08 bits per heavy atom. The minimum Gasteiger partial charge on any atom is -0.495 e. The standard InChI is InChI=1S/C23H27NO/c1-23(2)19-11-9-18(20(23)14-19)15-24-21-13-17(10-12-22(21)25-3)16-7-5-4-6-8-16/h4-10,12-13,19-20,24H,11,14-15H2,1-3H3. The first-order valence-electron chi connectivity index (χ1n) is 9.26. The molecule has 0 aliphatic heterocycles. The highest BCUT2D eigenvalue weighted by Gasteiger charge is 2.50. The van der Waals surface area contributed by atoms with E-state index in [4.69, 9.17) is 4.74 Å². The summed E-state index contributed by atoms with van der Waals surface area (Å²) in [6.07, 6.45) is 5.06. The topological polar surface area (TPSA) is 21.3 Å². The van der Waals surface area contributed by atoms with Crippen LogP contribution in [0.5, 0.6) is 5.75 Å². The third kappa shape index (κ3) is 2.84. The van der Waals surface area contributed by atoms with Gasteiger partial charge in [-0.3, -0.25) is 0 Å². The van der Waals surface area contributed by atoms with Crippen LogP contribution >= 0.6 is 0 Å². The van der Waals surface area contributed by atoms with Crippen LogP contribution in [-0.2, 0) is 0 Å². The quantitative estimate of drug-likeness (QED) is 0.702. The molecular formula is C23H27NO. The second kappa shape index (κ2) is 6.25. The molecule has 3 aliphatic rings. The molecule has 0 saturated heterocycles. The summed E-state index contributed by atoms with van der Waals surface area (Å²) in [5.74, 6) is 2.53. The first-order chi connectivity index (χ1) is 12.1. The highest BCUT2D eigenvalue weighted by molar-refractivity contribution is 5.72. The van der Waals surface area contributed by atoms with Crippen molar-refractivity contribution in [1.82, 2.24) is 0 Å². The van der Waals surface area contributed by atoms with Crippen LogP contribution in [0.2, 0.25) is 0 Å². The third-order valence-electron chi connectivity index (χ3n) is 6.37. The third-order valence-corrected chi connectivity index (χ3v) is 6.37. The molecule has 0 aromatic heterocycles. The van der Waals surface area contributed by atoms with E-state index in [1.165, 1.54) is 24.0 Å². The zero-order chi connectivity index (χ0) is 17.4. The normalized spacial score (nSPS) is 23.4. The van der Waals surface area contributed by atoms with E-state index in [2.05, 4.69) is 73.8 Å². The van der Waals surface area contributed by atoms with Crippen LogP contribution in [0.1, 0.15) is 26.7 Å². The van der Waals surface area contributed by atoms with E-state index in [1.807, 2.05) is 0 Å². The second-order valence-electron chi connectivity index (χ2n) is 7.96. The molecule has 3 aliphatic carbocycles. The Hall–Kier alpha value is -2.22. The summed E-state index contributed by atoms with van der Waals surface area (Å²) in [4.78, 5) is 0. The smallest absolute Gasteiger partial charge is 0.141 e. The van der Waals surface area contributed by atoms with E-state index in [9.17, 15) is 0 Å². The molecule has 130 valence electrons. The molecule has 5 rings (SSSR count). The van der Waals surface area contributed by atoms with Crippen molar-refractivity contribution in [3.8, 4) is 16.9 Å². The van der Waals surface area contributed by atoms with Gasteiger partial charge < -0.3 is 10.1 Å². The Bertz CT molecular complexity index is 791. The second-order valence-corrected chi connectivity index (χ2v) is 7.96. The van der Waals surface area contributed by atoms with E-state index >= 15 is 0 Å². The SMILES string of the molecule is COc1ccc(-c2ccccc2)cc1NCC1=CCC2CC1C2(C)C. The van der Waals surface area contributed by atoms with Gasteiger partial charge in [0.2, 0.25) is 0 Å². The molecule has 0 heterocycles. The van der Waals surface area contributed by atoms with Crippen molar-refractivity contribution >= 4 is 5.69 Å². The first kappa shape index (κ1) is 16.3. The fraction of sp³-hybridized carbons (Fsp3) is 0.391. The predicted molar refractivity (Wildman–Crippen MR) is 105 cm³/mol. The molecule has 0 spiro atoms. The fourth-order valence-corrected chi connectivity index (χ4v) is 4.53. The maximum atomic E-state index is 5.57. The van der Waals surface area contributed by atoms with Gasteiger partial charge in [-0.2, -0.15) is 0 Å². The van der Waals surface area contributed by atoms with E-state index in [0.29, 0.717) is 5.41 Å². The zero-order valence-corrected chi connectivity index (χ0v) is 15.4. The molecule has 2 atom stereocenters. The largest absolute Gasteiger partial charge is 0.495 e. The van der Waals surface area contributed by atoms with Crippen LogP contribution in [0.4, 0.5) is 5.69 Å². The number of anilines is 1. The van der Waals surface area contributed by atoms with E-state index in [1.54, 1.807) is 12.7 Å². The van der Waals surface area contributed by atoms with Crippen LogP contribution in [0.3, 0.4) is 0 Å². The molecule has 25 heavy (non-hydrogen) atoms. The average molecular weight is 333 g/mol. The molecule has 2 aromatic carbocycles. The molecule has 2 bridgehead atoms. The van der Waals surface area contributed by atoms with Crippen molar-refractivity contribution in [2.24, 2.45) is 17.3 Å². The number of benzene rings is 2. The van der Waals surface area contributed by atoms with Gasteiger partial charge in [0.25, 0.3) is 0 Å². The maximum Gasteiger partial charge on any atom is 0.141 e. The van der Waals surface area contributed by atoms with Crippen molar-refractivity contribution < 1.29 is 4.74 Å². The Morgan fingerprint density at radius 3 is 2.56 bits per heavy atom. The summed E-state index contributed by atoms with van der Waals surface area (Å²) >= 11 is 0. The van der Waals surface area contributed by atoms with Gasteiger partial charge in [-0.15, -0.1) is 0 Å². The molecule has 0 radical (unpaired) electrons. The number of ether oxygens (including phenoxy) is 1. The van der Waals surface area contributed by atoms with E-state index < -0.39 is 0 Å². The van der Waals surface area contributed by atoms with E-state index in [-0.39, 0.29) is 0 Å². The molecule has 2 unspecified atom stereocenters. The molecule has 1 fully saturated rings. The van der Waals surface area contributed by atoms with Crippen LogP contribution < -0.4 is 10.1 Å². The lowest BCUT2D eigenvalue weighted by Gasteiger charge is -2.56. The monoisotopic (exact) mass is 333 g/mol. The van der Waals surface area contributed by atoms with Crippen LogP contribution in [0, 0.1) is 17.3 Å².